The van der Waals surface area contributed by atoms with Crippen LogP contribution in [0.2, 0.25) is 0 Å². The molecule has 0 amide bonds. The van der Waals surface area contributed by atoms with Crippen molar-refractivity contribution >= 4 is 17.7 Å². The third kappa shape index (κ3) is 2.98. The van der Waals surface area contributed by atoms with E-state index in [4.69, 9.17) is 14.6 Å². The Labute approximate surface area is 97.6 Å². The minimum absolute atomic E-state index is 0.162. The maximum Gasteiger partial charge on any atom is 0.338 e. The molecule has 86 valence electrons. The molecule has 5 heteroatoms. The van der Waals surface area contributed by atoms with Crippen LogP contribution in [0.25, 0.3) is 0 Å². The number of hydrogen-bond acceptors (Lipinski definition) is 5. The molecule has 0 aliphatic carbocycles. The maximum atomic E-state index is 11.5. The fourth-order valence-electron chi connectivity index (χ4n) is 1.33. The smallest absolute Gasteiger partial charge is 0.338 e. The van der Waals surface area contributed by atoms with Gasteiger partial charge in [-0.1, -0.05) is 18.2 Å². The average Bonchev–Trinajstić information content (AvgIpc) is 2.73. The van der Waals surface area contributed by atoms with Gasteiger partial charge in [-0.15, -0.1) is 11.8 Å². The van der Waals surface area contributed by atoms with Crippen molar-refractivity contribution in [2.24, 2.45) is 0 Å². The number of aliphatic hydroxyl groups is 1. The molecule has 0 radical (unpaired) electrons. The van der Waals surface area contributed by atoms with Crippen molar-refractivity contribution in [1.29, 1.82) is 0 Å². The summed E-state index contributed by atoms with van der Waals surface area (Å²) in [5.41, 5.74) is 0.258. The lowest BCUT2D eigenvalue weighted by Crippen LogP contribution is -2.18. The SMILES string of the molecule is O=C(OC[C@H]1O[C@@H](O)CS1)c1ccccc1. The number of esters is 1. The van der Waals surface area contributed by atoms with Gasteiger partial charge >= 0.3 is 5.97 Å². The largest absolute Gasteiger partial charge is 0.458 e. The number of ether oxygens (including phenoxy) is 2. The topological polar surface area (TPSA) is 55.8 Å². The second kappa shape index (κ2) is 5.34. The molecule has 0 aromatic heterocycles. The van der Waals surface area contributed by atoms with Crippen molar-refractivity contribution in [1.82, 2.24) is 0 Å². The number of hydrogen-bond donors (Lipinski definition) is 1. The molecule has 2 rings (SSSR count). The Hall–Kier alpha value is -1.04. The standard InChI is InChI=1S/C11H12O4S/c12-9-7-16-10(15-9)6-14-11(13)8-4-2-1-3-5-8/h1-5,9-10,12H,6-7H2/t9-,10+/m1/s1. The summed E-state index contributed by atoms with van der Waals surface area (Å²) in [5, 5.41) is 9.10. The highest BCUT2D eigenvalue weighted by atomic mass is 32.2. The van der Waals surface area contributed by atoms with Crippen LogP contribution in [0.15, 0.2) is 30.3 Å². The predicted molar refractivity (Wildman–Crippen MR) is 60.1 cm³/mol. The van der Waals surface area contributed by atoms with Crippen molar-refractivity contribution in [2.75, 3.05) is 12.4 Å². The normalized spacial score (nSPS) is 24.3. The van der Waals surface area contributed by atoms with Gasteiger partial charge in [0.05, 0.1) is 5.56 Å². The van der Waals surface area contributed by atoms with Crippen LogP contribution in [0.1, 0.15) is 10.4 Å². The Morgan fingerprint density at radius 3 is 2.88 bits per heavy atom. The fraction of sp³-hybridized carbons (Fsp3) is 0.364. The van der Waals surface area contributed by atoms with Crippen LogP contribution >= 0.6 is 11.8 Å². The van der Waals surface area contributed by atoms with E-state index in [0.29, 0.717) is 11.3 Å². The Balaban J connectivity index is 1.80. The van der Waals surface area contributed by atoms with E-state index >= 15 is 0 Å². The van der Waals surface area contributed by atoms with E-state index < -0.39 is 6.29 Å². The Morgan fingerprint density at radius 1 is 1.50 bits per heavy atom. The minimum atomic E-state index is -0.745. The van der Waals surface area contributed by atoms with Gasteiger partial charge in [-0.2, -0.15) is 0 Å². The summed E-state index contributed by atoms with van der Waals surface area (Å²) in [4.78, 5) is 11.5. The summed E-state index contributed by atoms with van der Waals surface area (Å²) in [6, 6.07) is 8.78. The molecule has 0 bridgehead atoms. The molecular weight excluding hydrogens is 228 g/mol. The minimum Gasteiger partial charge on any atom is -0.458 e. The van der Waals surface area contributed by atoms with Gasteiger partial charge < -0.3 is 14.6 Å². The lowest BCUT2D eigenvalue weighted by molar-refractivity contribution is -0.0918. The lowest BCUT2D eigenvalue weighted by Gasteiger charge is -2.10. The van der Waals surface area contributed by atoms with E-state index in [0.717, 1.165) is 0 Å². The van der Waals surface area contributed by atoms with E-state index in [2.05, 4.69) is 0 Å². The third-order valence-corrected chi connectivity index (χ3v) is 3.19. The van der Waals surface area contributed by atoms with Gasteiger partial charge in [-0.3, -0.25) is 0 Å². The zero-order valence-electron chi connectivity index (χ0n) is 8.54. The molecule has 0 unspecified atom stereocenters. The van der Waals surface area contributed by atoms with Gasteiger partial charge in [-0.25, -0.2) is 4.79 Å². The van der Waals surface area contributed by atoms with Crippen LogP contribution in [0.4, 0.5) is 0 Å². The zero-order valence-corrected chi connectivity index (χ0v) is 9.35. The fourth-order valence-corrected chi connectivity index (χ4v) is 2.16. The number of carbonyl (C=O) groups is 1. The quantitative estimate of drug-likeness (QED) is 0.806. The summed E-state index contributed by atoms with van der Waals surface area (Å²) < 4.78 is 10.2. The van der Waals surface area contributed by atoms with Gasteiger partial charge in [0.15, 0.2) is 6.29 Å². The predicted octanol–water partition coefficient (Wildman–Crippen LogP) is 1.25. The van der Waals surface area contributed by atoms with Crippen molar-refractivity contribution in [3.8, 4) is 0 Å². The summed E-state index contributed by atoms with van der Waals surface area (Å²) in [7, 11) is 0. The summed E-state index contributed by atoms with van der Waals surface area (Å²) in [6.07, 6.45) is -0.745. The summed E-state index contributed by atoms with van der Waals surface area (Å²) >= 11 is 1.44. The molecule has 1 aliphatic heterocycles. The summed E-state index contributed by atoms with van der Waals surface area (Å²) in [5.74, 6) is 0.152. The first kappa shape index (κ1) is 11.4. The van der Waals surface area contributed by atoms with Gasteiger partial charge in [0.2, 0.25) is 0 Å². The van der Waals surface area contributed by atoms with Gasteiger partial charge in [0.1, 0.15) is 12.0 Å². The number of thioether (sulfide) groups is 1. The Morgan fingerprint density at radius 2 is 2.25 bits per heavy atom. The highest BCUT2D eigenvalue weighted by Gasteiger charge is 2.25. The Kier molecular flexibility index (Phi) is 3.82. The van der Waals surface area contributed by atoms with Crippen molar-refractivity contribution < 1.29 is 19.4 Å². The molecule has 1 fully saturated rings. The number of aliphatic hydroxyl groups excluding tert-OH is 1. The van der Waals surface area contributed by atoms with E-state index in [1.807, 2.05) is 6.07 Å². The molecule has 4 nitrogen and oxygen atoms in total. The number of carbonyl (C=O) groups excluding carboxylic acids is 1. The molecule has 0 spiro atoms. The van der Waals surface area contributed by atoms with Crippen LogP contribution < -0.4 is 0 Å². The van der Waals surface area contributed by atoms with E-state index in [1.165, 1.54) is 11.8 Å². The number of benzene rings is 1. The first-order chi connectivity index (χ1) is 7.75. The van der Waals surface area contributed by atoms with Gasteiger partial charge in [-0.05, 0) is 12.1 Å². The Bertz CT molecular complexity index is 354. The maximum absolute atomic E-state index is 11.5. The van der Waals surface area contributed by atoms with Crippen LogP contribution in [0.5, 0.6) is 0 Å². The van der Waals surface area contributed by atoms with E-state index in [1.54, 1.807) is 24.3 Å². The molecule has 1 aromatic carbocycles. The molecule has 16 heavy (non-hydrogen) atoms. The first-order valence-corrected chi connectivity index (χ1v) is 5.98. The molecule has 1 N–H and O–H groups in total. The van der Waals surface area contributed by atoms with Crippen LogP contribution in [-0.2, 0) is 9.47 Å². The number of rotatable bonds is 3. The monoisotopic (exact) mass is 240 g/mol. The van der Waals surface area contributed by atoms with Crippen LogP contribution in [0.3, 0.4) is 0 Å². The molecule has 1 saturated heterocycles. The molecular formula is C11H12O4S. The molecule has 0 saturated carbocycles. The lowest BCUT2D eigenvalue weighted by atomic mass is 10.2. The van der Waals surface area contributed by atoms with Crippen LogP contribution in [0, 0.1) is 0 Å². The first-order valence-electron chi connectivity index (χ1n) is 4.93. The van der Waals surface area contributed by atoms with Crippen LogP contribution in [-0.4, -0.2) is 35.2 Å². The third-order valence-electron chi connectivity index (χ3n) is 2.09. The summed E-state index contributed by atoms with van der Waals surface area (Å²) in [6.45, 7) is 0.162. The molecule has 1 heterocycles. The average molecular weight is 240 g/mol. The van der Waals surface area contributed by atoms with E-state index in [-0.39, 0.29) is 18.0 Å². The molecule has 1 aromatic rings. The van der Waals surface area contributed by atoms with Gasteiger partial charge in [0.25, 0.3) is 0 Å². The molecule has 1 aliphatic rings. The highest BCUT2D eigenvalue weighted by molar-refractivity contribution is 8.00. The molecule has 2 atom stereocenters. The second-order valence-electron chi connectivity index (χ2n) is 3.32. The van der Waals surface area contributed by atoms with Crippen molar-refractivity contribution in [3.63, 3.8) is 0 Å². The second-order valence-corrected chi connectivity index (χ2v) is 4.51. The van der Waals surface area contributed by atoms with Crippen molar-refractivity contribution in [2.45, 2.75) is 11.7 Å². The van der Waals surface area contributed by atoms with Gasteiger partial charge in [0, 0.05) is 5.75 Å². The van der Waals surface area contributed by atoms with E-state index in [9.17, 15) is 4.79 Å². The highest BCUT2D eigenvalue weighted by Crippen LogP contribution is 2.23. The van der Waals surface area contributed by atoms with Crippen molar-refractivity contribution in [3.05, 3.63) is 35.9 Å². The zero-order chi connectivity index (χ0) is 11.4.